The zero-order valence-electron chi connectivity index (χ0n) is 25.0. The fraction of sp³-hybridized carbons (Fsp3) is 0.414. The van der Waals surface area contributed by atoms with Crippen LogP contribution in [0.15, 0.2) is 29.5 Å². The Kier molecular flexibility index (Phi) is 8.92. The molecule has 2 N–H and O–H groups in total. The number of aryl methyl sites for hydroxylation is 2. The Morgan fingerprint density at radius 3 is 2.50 bits per heavy atom. The molecule has 3 aromatic rings. The molecule has 0 spiro atoms. The molecule has 1 unspecified atom stereocenters. The number of rotatable bonds is 11. The lowest BCUT2D eigenvalue weighted by Gasteiger charge is -2.20. The molecule has 2 aromatic heterocycles. The number of carbonyl (C=O) groups is 4. The van der Waals surface area contributed by atoms with Crippen molar-refractivity contribution in [2.24, 2.45) is 19.1 Å². The zero-order valence-corrected chi connectivity index (χ0v) is 25.0. The summed E-state index contributed by atoms with van der Waals surface area (Å²) in [6.07, 6.45) is 7.16. The van der Waals surface area contributed by atoms with Gasteiger partial charge in [-0.25, -0.2) is 14.8 Å². The van der Waals surface area contributed by atoms with Crippen molar-refractivity contribution in [1.29, 1.82) is 0 Å². The highest BCUT2D eigenvalue weighted by molar-refractivity contribution is 6.04. The van der Waals surface area contributed by atoms with E-state index >= 15 is 0 Å². The van der Waals surface area contributed by atoms with E-state index in [9.17, 15) is 19.2 Å². The standard InChI is InChI=1S/C29H34N8O7/c1-5-43-29(41)26-33-23(16-36(26)3)34-27(39)25-32-22(15-35(25)2)31-24(38)9-7-11-44-21-13-19-18(12-20(21)42-4)28(40)37-10-6-8-17(37)14-30-19/h12-17H,5-11H2,1-4H3,(H,31,38)(H,34,39). The maximum atomic E-state index is 13.0. The van der Waals surface area contributed by atoms with Crippen LogP contribution in [0.4, 0.5) is 17.3 Å². The van der Waals surface area contributed by atoms with E-state index in [-0.39, 0.29) is 60.8 Å². The van der Waals surface area contributed by atoms with E-state index < -0.39 is 11.9 Å². The Hall–Kier alpha value is -5.21. The highest BCUT2D eigenvalue weighted by Crippen LogP contribution is 2.38. The van der Waals surface area contributed by atoms with E-state index in [4.69, 9.17) is 14.2 Å². The lowest BCUT2D eigenvalue weighted by Crippen LogP contribution is -2.35. The van der Waals surface area contributed by atoms with Gasteiger partial charge in [0.15, 0.2) is 23.1 Å². The van der Waals surface area contributed by atoms with Crippen LogP contribution in [0, 0.1) is 0 Å². The molecule has 15 heteroatoms. The zero-order chi connectivity index (χ0) is 31.4. The number of amides is 3. The second-order valence-corrected chi connectivity index (χ2v) is 10.3. The number of methoxy groups -OCH3 is 1. The highest BCUT2D eigenvalue weighted by atomic mass is 16.5. The third-order valence-electron chi connectivity index (χ3n) is 7.19. The molecular formula is C29H34N8O7. The Morgan fingerprint density at radius 1 is 1.02 bits per heavy atom. The number of hydrogen-bond donors (Lipinski definition) is 2. The molecule has 0 aliphatic carbocycles. The maximum Gasteiger partial charge on any atom is 0.374 e. The summed E-state index contributed by atoms with van der Waals surface area (Å²) in [7, 11) is 4.73. The number of fused-ring (bicyclic) bond motifs is 2. The van der Waals surface area contributed by atoms with Gasteiger partial charge in [0.2, 0.25) is 17.6 Å². The monoisotopic (exact) mass is 606 g/mol. The molecule has 15 nitrogen and oxygen atoms in total. The number of hydrogen-bond acceptors (Lipinski definition) is 10. The molecule has 4 heterocycles. The van der Waals surface area contributed by atoms with Gasteiger partial charge >= 0.3 is 5.97 Å². The summed E-state index contributed by atoms with van der Waals surface area (Å²) in [6, 6.07) is 3.34. The van der Waals surface area contributed by atoms with Crippen LogP contribution in [0.25, 0.3) is 0 Å². The van der Waals surface area contributed by atoms with Gasteiger partial charge in [0.25, 0.3) is 11.8 Å². The Labute approximate surface area is 253 Å². The first-order valence-corrected chi connectivity index (χ1v) is 14.2. The Morgan fingerprint density at radius 2 is 1.75 bits per heavy atom. The lowest BCUT2D eigenvalue weighted by molar-refractivity contribution is -0.116. The Balaban J connectivity index is 1.13. The van der Waals surface area contributed by atoms with Gasteiger partial charge in [0.05, 0.1) is 37.6 Å². The van der Waals surface area contributed by atoms with Crippen molar-refractivity contribution < 1.29 is 33.4 Å². The van der Waals surface area contributed by atoms with E-state index in [0.29, 0.717) is 35.7 Å². The molecule has 232 valence electrons. The van der Waals surface area contributed by atoms with Gasteiger partial charge in [0.1, 0.15) is 0 Å². The van der Waals surface area contributed by atoms with Crippen molar-refractivity contribution in [2.45, 2.75) is 38.6 Å². The van der Waals surface area contributed by atoms with Crippen molar-refractivity contribution in [1.82, 2.24) is 24.0 Å². The van der Waals surface area contributed by atoms with Crippen molar-refractivity contribution >= 4 is 47.2 Å². The first-order chi connectivity index (χ1) is 21.2. The summed E-state index contributed by atoms with van der Waals surface area (Å²) in [5, 5.41) is 5.28. The molecule has 0 radical (unpaired) electrons. The average molecular weight is 607 g/mol. The molecule has 5 rings (SSSR count). The normalized spacial score (nSPS) is 15.3. The average Bonchev–Trinajstić information content (AvgIpc) is 3.70. The predicted octanol–water partition coefficient (Wildman–Crippen LogP) is 2.71. The number of anilines is 2. The van der Waals surface area contributed by atoms with E-state index in [0.717, 1.165) is 12.8 Å². The first kappa shape index (κ1) is 30.3. The predicted molar refractivity (Wildman–Crippen MR) is 159 cm³/mol. The third kappa shape index (κ3) is 6.40. The molecule has 1 atom stereocenters. The topological polar surface area (TPSA) is 171 Å². The van der Waals surface area contributed by atoms with E-state index in [1.807, 2.05) is 11.1 Å². The number of ether oxygens (including phenoxy) is 3. The van der Waals surface area contributed by atoms with Gasteiger partial charge in [-0.3, -0.25) is 19.4 Å². The van der Waals surface area contributed by atoms with Gasteiger partial charge in [-0.1, -0.05) is 0 Å². The summed E-state index contributed by atoms with van der Waals surface area (Å²) in [5.41, 5.74) is 0.995. The summed E-state index contributed by atoms with van der Waals surface area (Å²) in [4.78, 5) is 65.1. The van der Waals surface area contributed by atoms with Crippen LogP contribution < -0.4 is 20.1 Å². The van der Waals surface area contributed by atoms with Gasteiger partial charge < -0.3 is 38.9 Å². The largest absolute Gasteiger partial charge is 0.493 e. The smallest absolute Gasteiger partial charge is 0.374 e. The minimum Gasteiger partial charge on any atom is -0.493 e. The number of aromatic nitrogens is 4. The second kappa shape index (κ2) is 13.0. The van der Waals surface area contributed by atoms with Crippen molar-refractivity contribution in [3.8, 4) is 11.5 Å². The summed E-state index contributed by atoms with van der Waals surface area (Å²) < 4.78 is 19.2. The molecule has 1 fully saturated rings. The van der Waals surface area contributed by atoms with Crippen LogP contribution in [0.1, 0.15) is 64.2 Å². The van der Waals surface area contributed by atoms with Crippen LogP contribution in [0.2, 0.25) is 0 Å². The molecule has 1 aromatic carbocycles. The molecule has 0 bridgehead atoms. The number of nitrogens with one attached hydrogen (secondary N) is 2. The maximum absolute atomic E-state index is 13.0. The third-order valence-corrected chi connectivity index (χ3v) is 7.19. The molecule has 1 saturated heterocycles. The van der Waals surface area contributed by atoms with Gasteiger partial charge in [-0.05, 0) is 32.3 Å². The Bertz CT molecular complexity index is 1630. The first-order valence-electron chi connectivity index (χ1n) is 14.2. The lowest BCUT2D eigenvalue weighted by atomic mass is 10.1. The minimum absolute atomic E-state index is 0.000210. The molecule has 2 aliphatic rings. The fourth-order valence-corrected chi connectivity index (χ4v) is 5.06. The van der Waals surface area contributed by atoms with Crippen LogP contribution in [-0.4, -0.2) is 86.8 Å². The quantitative estimate of drug-likeness (QED) is 0.246. The van der Waals surface area contributed by atoms with Crippen molar-refractivity contribution in [2.75, 3.05) is 37.5 Å². The van der Waals surface area contributed by atoms with E-state index in [2.05, 4.69) is 25.6 Å². The van der Waals surface area contributed by atoms with Crippen LogP contribution in [0.5, 0.6) is 11.5 Å². The van der Waals surface area contributed by atoms with Crippen LogP contribution in [-0.2, 0) is 23.6 Å². The number of imidazole rings is 2. The summed E-state index contributed by atoms with van der Waals surface area (Å²) in [6.45, 7) is 2.80. The van der Waals surface area contributed by atoms with Gasteiger partial charge in [-0.15, -0.1) is 0 Å². The number of aliphatic imine (C=N–C) groups is 1. The van der Waals surface area contributed by atoms with Gasteiger partial charge in [-0.2, -0.15) is 0 Å². The molecular weight excluding hydrogens is 572 g/mol. The van der Waals surface area contributed by atoms with Crippen LogP contribution >= 0.6 is 0 Å². The molecule has 44 heavy (non-hydrogen) atoms. The van der Waals surface area contributed by atoms with E-state index in [1.54, 1.807) is 33.2 Å². The highest BCUT2D eigenvalue weighted by Gasteiger charge is 2.32. The summed E-state index contributed by atoms with van der Waals surface area (Å²) >= 11 is 0. The summed E-state index contributed by atoms with van der Waals surface area (Å²) in [5.74, 6) is -0.290. The number of carbonyl (C=O) groups excluding carboxylic acids is 4. The minimum atomic E-state index is -0.606. The number of esters is 1. The molecule has 3 amide bonds. The number of nitrogens with zero attached hydrogens (tertiary/aromatic N) is 6. The van der Waals surface area contributed by atoms with Crippen LogP contribution in [0.3, 0.4) is 0 Å². The SMILES string of the molecule is CCOC(=O)c1nc(NC(=O)c2nc(NC(=O)CCCOc3cc4c(cc3OC)C(=O)N3CCCC3C=N4)cn2C)cn1C. The van der Waals surface area contributed by atoms with Gasteiger partial charge in [0, 0.05) is 51.7 Å². The number of benzene rings is 1. The van der Waals surface area contributed by atoms with E-state index in [1.165, 1.54) is 28.6 Å². The second-order valence-electron chi connectivity index (χ2n) is 10.3. The molecule has 0 saturated carbocycles. The fourth-order valence-electron chi connectivity index (χ4n) is 5.06. The van der Waals surface area contributed by atoms with Crippen molar-refractivity contribution in [3.63, 3.8) is 0 Å². The molecule has 2 aliphatic heterocycles. The van der Waals surface area contributed by atoms with Crippen molar-refractivity contribution in [3.05, 3.63) is 41.7 Å².